The molecule has 2 aliphatic heterocycles. The van der Waals surface area contributed by atoms with Gasteiger partial charge in [-0.05, 0) is 81.3 Å². The number of amides is 1. The molecule has 3 fully saturated rings. The number of rotatable bonds is 5. The number of carbonyl (C=O) groups excluding carboxylic acids is 1. The molecule has 1 saturated carbocycles. The second-order valence-electron chi connectivity index (χ2n) is 11.0. The van der Waals surface area contributed by atoms with Gasteiger partial charge < -0.3 is 14.7 Å². The summed E-state index contributed by atoms with van der Waals surface area (Å²) in [5.41, 5.74) is 7.68. The quantitative estimate of drug-likeness (QED) is 0.547. The molecule has 6 nitrogen and oxygen atoms in total. The predicted octanol–water partition coefficient (Wildman–Crippen LogP) is 4.57. The minimum Gasteiger partial charge on any atom is -0.366 e. The Morgan fingerprint density at radius 1 is 0.971 bits per heavy atom. The molecule has 4 heterocycles. The van der Waals surface area contributed by atoms with Crippen LogP contribution in [0.15, 0.2) is 42.7 Å². The lowest BCUT2D eigenvalue weighted by Crippen LogP contribution is -2.49. The normalized spacial score (nSPS) is 21.4. The second-order valence-corrected chi connectivity index (χ2v) is 11.0. The molecule has 35 heavy (non-hydrogen) atoms. The molecular formula is C29H37N5O. The summed E-state index contributed by atoms with van der Waals surface area (Å²) in [5.74, 6) is 1.31. The zero-order chi connectivity index (χ0) is 24.1. The van der Waals surface area contributed by atoms with Crippen molar-refractivity contribution in [1.29, 1.82) is 0 Å². The van der Waals surface area contributed by atoms with Gasteiger partial charge in [-0.3, -0.25) is 4.79 Å². The number of fused-ring (bicyclic) bond motifs is 1. The van der Waals surface area contributed by atoms with E-state index in [2.05, 4.69) is 77.1 Å². The zero-order valence-corrected chi connectivity index (χ0v) is 21.3. The monoisotopic (exact) mass is 471 g/mol. The van der Waals surface area contributed by atoms with Gasteiger partial charge in [-0.2, -0.15) is 5.10 Å². The molecule has 1 amide bonds. The van der Waals surface area contributed by atoms with Crippen molar-refractivity contribution >= 4 is 17.1 Å². The standard InChI is InChI=1S/C29H37N5O/c1-20(2)33-11-9-24(18-33)26-7-6-23(16-21(26)3)25-17-28-27(8-10-30-34(28)19-25)31-12-14-32(15-13-31)29(35)22-4-5-22/h6-8,10,16-17,19-20,22,24H,4-5,9,11-15,18H2,1-3H3/t24-/m1/s1. The summed E-state index contributed by atoms with van der Waals surface area (Å²) >= 11 is 0. The second kappa shape index (κ2) is 8.98. The van der Waals surface area contributed by atoms with Crippen molar-refractivity contribution in [2.75, 3.05) is 44.2 Å². The van der Waals surface area contributed by atoms with Crippen LogP contribution in [0.25, 0.3) is 16.6 Å². The maximum atomic E-state index is 12.4. The number of piperazine rings is 1. The van der Waals surface area contributed by atoms with E-state index in [0.717, 1.165) is 44.5 Å². The molecular weight excluding hydrogens is 434 g/mol. The molecule has 2 saturated heterocycles. The van der Waals surface area contributed by atoms with Crippen molar-refractivity contribution in [3.63, 3.8) is 0 Å². The Bertz CT molecular complexity index is 1240. The fraction of sp³-hybridized carbons (Fsp3) is 0.517. The summed E-state index contributed by atoms with van der Waals surface area (Å²) in [6.45, 7) is 12.6. The van der Waals surface area contributed by atoms with Crippen LogP contribution < -0.4 is 4.90 Å². The topological polar surface area (TPSA) is 44.1 Å². The summed E-state index contributed by atoms with van der Waals surface area (Å²) in [6.07, 6.45) is 7.45. The van der Waals surface area contributed by atoms with Crippen LogP contribution in [0.4, 0.5) is 5.69 Å². The van der Waals surface area contributed by atoms with Crippen LogP contribution in [0.1, 0.15) is 50.2 Å². The molecule has 184 valence electrons. The van der Waals surface area contributed by atoms with Crippen LogP contribution >= 0.6 is 0 Å². The lowest BCUT2D eigenvalue weighted by Gasteiger charge is -2.36. The van der Waals surface area contributed by atoms with Gasteiger partial charge in [-0.15, -0.1) is 0 Å². The number of aromatic nitrogens is 2. The van der Waals surface area contributed by atoms with Crippen molar-refractivity contribution < 1.29 is 4.79 Å². The number of benzene rings is 1. The minimum absolute atomic E-state index is 0.306. The first kappa shape index (κ1) is 22.6. The molecule has 1 aromatic carbocycles. The Hall–Kier alpha value is -2.86. The van der Waals surface area contributed by atoms with Crippen molar-refractivity contribution in [2.24, 2.45) is 5.92 Å². The van der Waals surface area contributed by atoms with Gasteiger partial charge in [0, 0.05) is 62.6 Å². The number of likely N-dealkylation sites (tertiary alicyclic amines) is 1. The van der Waals surface area contributed by atoms with E-state index in [4.69, 9.17) is 0 Å². The molecule has 0 radical (unpaired) electrons. The lowest BCUT2D eigenvalue weighted by atomic mass is 9.92. The summed E-state index contributed by atoms with van der Waals surface area (Å²) in [5, 5.41) is 4.61. The van der Waals surface area contributed by atoms with Crippen LogP contribution in [0, 0.1) is 12.8 Å². The van der Waals surface area contributed by atoms with Gasteiger partial charge >= 0.3 is 0 Å². The van der Waals surface area contributed by atoms with Crippen LogP contribution in [0.5, 0.6) is 0 Å². The fourth-order valence-electron chi connectivity index (χ4n) is 6.00. The van der Waals surface area contributed by atoms with Crippen molar-refractivity contribution in [2.45, 2.75) is 52.0 Å². The van der Waals surface area contributed by atoms with Gasteiger partial charge in [0.25, 0.3) is 0 Å². The zero-order valence-electron chi connectivity index (χ0n) is 21.3. The molecule has 2 aromatic heterocycles. The first-order chi connectivity index (χ1) is 17.0. The smallest absolute Gasteiger partial charge is 0.225 e. The van der Waals surface area contributed by atoms with E-state index in [1.54, 1.807) is 0 Å². The average molecular weight is 472 g/mol. The SMILES string of the molecule is Cc1cc(-c2cc3c(N4CCN(C(=O)C5CC5)CC4)ccnn3c2)ccc1[C@@H]1CCN(C(C)C)C1. The largest absolute Gasteiger partial charge is 0.366 e. The van der Waals surface area contributed by atoms with Crippen molar-refractivity contribution in [1.82, 2.24) is 19.4 Å². The Morgan fingerprint density at radius 3 is 2.46 bits per heavy atom. The van der Waals surface area contributed by atoms with E-state index >= 15 is 0 Å². The van der Waals surface area contributed by atoms with E-state index in [-0.39, 0.29) is 0 Å². The van der Waals surface area contributed by atoms with Crippen LogP contribution in [0.3, 0.4) is 0 Å². The van der Waals surface area contributed by atoms with Crippen LogP contribution in [-0.4, -0.2) is 70.6 Å². The Balaban J connectivity index is 1.21. The molecule has 3 aromatic rings. The van der Waals surface area contributed by atoms with Crippen LogP contribution in [-0.2, 0) is 4.79 Å². The van der Waals surface area contributed by atoms with E-state index in [0.29, 0.717) is 23.8 Å². The summed E-state index contributed by atoms with van der Waals surface area (Å²) in [7, 11) is 0. The predicted molar refractivity (Wildman–Crippen MR) is 141 cm³/mol. The number of aryl methyl sites for hydroxylation is 1. The van der Waals surface area contributed by atoms with Gasteiger partial charge in [-0.25, -0.2) is 4.52 Å². The van der Waals surface area contributed by atoms with Crippen molar-refractivity contribution in [3.8, 4) is 11.1 Å². The maximum Gasteiger partial charge on any atom is 0.225 e. The number of carbonyl (C=O) groups is 1. The lowest BCUT2D eigenvalue weighted by molar-refractivity contribution is -0.132. The Kier molecular flexibility index (Phi) is 5.79. The number of anilines is 1. The molecule has 6 rings (SSSR count). The molecule has 0 N–H and O–H groups in total. The Morgan fingerprint density at radius 2 is 1.77 bits per heavy atom. The van der Waals surface area contributed by atoms with E-state index in [1.165, 1.54) is 47.5 Å². The number of nitrogens with zero attached hydrogens (tertiary/aromatic N) is 5. The van der Waals surface area contributed by atoms with Gasteiger partial charge in [-0.1, -0.05) is 18.2 Å². The molecule has 1 aliphatic carbocycles. The minimum atomic E-state index is 0.306. The average Bonchev–Trinajstić information content (AvgIpc) is 3.42. The fourth-order valence-corrected chi connectivity index (χ4v) is 6.00. The van der Waals surface area contributed by atoms with Gasteiger partial charge in [0.05, 0.1) is 11.2 Å². The highest BCUT2D eigenvalue weighted by Gasteiger charge is 2.34. The highest BCUT2D eigenvalue weighted by atomic mass is 16.2. The third kappa shape index (κ3) is 4.33. The molecule has 0 bridgehead atoms. The number of hydrogen-bond donors (Lipinski definition) is 0. The first-order valence-electron chi connectivity index (χ1n) is 13.3. The maximum absolute atomic E-state index is 12.4. The van der Waals surface area contributed by atoms with E-state index < -0.39 is 0 Å². The van der Waals surface area contributed by atoms with Crippen LogP contribution in [0.2, 0.25) is 0 Å². The highest BCUT2D eigenvalue weighted by Crippen LogP contribution is 2.35. The third-order valence-electron chi connectivity index (χ3n) is 8.34. The molecule has 6 heteroatoms. The third-order valence-corrected chi connectivity index (χ3v) is 8.34. The van der Waals surface area contributed by atoms with Gasteiger partial charge in [0.15, 0.2) is 0 Å². The molecule has 3 aliphatic rings. The number of hydrogen-bond acceptors (Lipinski definition) is 4. The van der Waals surface area contributed by atoms with Gasteiger partial charge in [0.2, 0.25) is 5.91 Å². The molecule has 0 unspecified atom stereocenters. The Labute approximate surface area is 208 Å². The summed E-state index contributed by atoms with van der Waals surface area (Å²) in [6, 6.07) is 12.0. The van der Waals surface area contributed by atoms with Gasteiger partial charge in [0.1, 0.15) is 0 Å². The summed E-state index contributed by atoms with van der Waals surface area (Å²) in [4.78, 5) is 19.5. The van der Waals surface area contributed by atoms with E-state index in [1.807, 2.05) is 10.7 Å². The highest BCUT2D eigenvalue weighted by molar-refractivity contribution is 5.82. The first-order valence-corrected chi connectivity index (χ1v) is 13.3. The molecule has 1 atom stereocenters. The summed E-state index contributed by atoms with van der Waals surface area (Å²) < 4.78 is 2.01. The van der Waals surface area contributed by atoms with E-state index in [9.17, 15) is 4.79 Å². The molecule has 0 spiro atoms. The van der Waals surface area contributed by atoms with Crippen molar-refractivity contribution in [3.05, 3.63) is 53.9 Å².